The van der Waals surface area contributed by atoms with E-state index >= 15 is 0 Å². The number of benzene rings is 1. The highest BCUT2D eigenvalue weighted by Gasteiger charge is 2.07. The van der Waals surface area contributed by atoms with Gasteiger partial charge in [-0.2, -0.15) is 0 Å². The molecule has 0 aliphatic carbocycles. The van der Waals surface area contributed by atoms with Crippen LogP contribution in [-0.2, 0) is 4.79 Å². The monoisotopic (exact) mass is 333 g/mol. The molecule has 0 saturated carbocycles. The Morgan fingerprint density at radius 2 is 2.17 bits per heavy atom. The number of anilines is 1. The molecule has 1 heterocycles. The summed E-state index contributed by atoms with van der Waals surface area (Å²) in [5.41, 5.74) is 1.95. The summed E-state index contributed by atoms with van der Waals surface area (Å²) in [4.78, 5) is 15.8. The van der Waals surface area contributed by atoms with Crippen LogP contribution in [0.4, 0.5) is 5.69 Å². The number of hydrogen-bond donors (Lipinski definition) is 2. The minimum atomic E-state index is 0.144. The molecule has 23 heavy (non-hydrogen) atoms. The van der Waals surface area contributed by atoms with Gasteiger partial charge in [-0.05, 0) is 50.5 Å². The van der Waals surface area contributed by atoms with Crippen LogP contribution in [0.25, 0.3) is 10.9 Å². The predicted octanol–water partition coefficient (Wildman–Crippen LogP) is 4.39. The van der Waals surface area contributed by atoms with E-state index in [2.05, 4.69) is 22.5 Å². The van der Waals surface area contributed by atoms with E-state index in [1.165, 1.54) is 0 Å². The molecule has 2 aromatic rings. The molecule has 5 heteroatoms. The maximum atomic E-state index is 11.4. The van der Waals surface area contributed by atoms with E-state index < -0.39 is 0 Å². The number of pyridine rings is 1. The Morgan fingerprint density at radius 1 is 1.35 bits per heavy atom. The molecule has 1 atom stereocenters. The maximum Gasteiger partial charge on any atom is 0.219 e. The molecular weight excluding hydrogens is 310 g/mol. The Hall–Kier alpha value is -1.81. The molecular formula is C18H24ClN3O. The van der Waals surface area contributed by atoms with Gasteiger partial charge in [0.15, 0.2) is 0 Å². The summed E-state index contributed by atoms with van der Waals surface area (Å²) in [5, 5.41) is 8.23. The van der Waals surface area contributed by atoms with Gasteiger partial charge in [0.1, 0.15) is 0 Å². The topological polar surface area (TPSA) is 54.0 Å². The number of hydrogen-bond acceptors (Lipinski definition) is 3. The second-order valence-electron chi connectivity index (χ2n) is 5.81. The van der Waals surface area contributed by atoms with Gasteiger partial charge >= 0.3 is 0 Å². The molecule has 0 radical (unpaired) electrons. The van der Waals surface area contributed by atoms with Crippen molar-refractivity contribution in [3.05, 3.63) is 35.5 Å². The number of nitrogens with zero attached hydrogens (tertiary/aromatic N) is 1. The van der Waals surface area contributed by atoms with E-state index in [1.54, 1.807) is 6.20 Å². The SMILES string of the molecule is CCCC(=O)NCCCC(C)Nc1ccnc2cc(Cl)ccc12. The van der Waals surface area contributed by atoms with Gasteiger partial charge < -0.3 is 10.6 Å². The smallest absolute Gasteiger partial charge is 0.219 e. The van der Waals surface area contributed by atoms with Crippen LogP contribution in [0, 0.1) is 0 Å². The number of carbonyl (C=O) groups excluding carboxylic acids is 1. The fraction of sp³-hybridized carbons (Fsp3) is 0.444. The lowest BCUT2D eigenvalue weighted by molar-refractivity contribution is -0.121. The van der Waals surface area contributed by atoms with Crippen molar-refractivity contribution in [2.45, 2.75) is 45.6 Å². The van der Waals surface area contributed by atoms with Crippen molar-refractivity contribution < 1.29 is 4.79 Å². The van der Waals surface area contributed by atoms with Crippen LogP contribution >= 0.6 is 11.6 Å². The first-order valence-corrected chi connectivity index (χ1v) is 8.55. The first-order chi connectivity index (χ1) is 11.1. The lowest BCUT2D eigenvalue weighted by atomic mass is 10.1. The summed E-state index contributed by atoms with van der Waals surface area (Å²) < 4.78 is 0. The van der Waals surface area contributed by atoms with Crippen molar-refractivity contribution in [3.63, 3.8) is 0 Å². The molecule has 0 aliphatic rings. The van der Waals surface area contributed by atoms with Crippen LogP contribution in [0.3, 0.4) is 0 Å². The van der Waals surface area contributed by atoms with Crippen LogP contribution in [0.5, 0.6) is 0 Å². The number of aromatic nitrogens is 1. The van der Waals surface area contributed by atoms with E-state index in [0.717, 1.165) is 42.4 Å². The largest absolute Gasteiger partial charge is 0.382 e. The lowest BCUT2D eigenvalue weighted by Crippen LogP contribution is -2.25. The molecule has 2 N–H and O–H groups in total. The van der Waals surface area contributed by atoms with Gasteiger partial charge in [-0.25, -0.2) is 0 Å². The average Bonchev–Trinajstić information content (AvgIpc) is 2.52. The molecule has 2 rings (SSSR count). The molecule has 0 aliphatic heterocycles. The quantitative estimate of drug-likeness (QED) is 0.705. The van der Waals surface area contributed by atoms with Gasteiger partial charge in [-0.15, -0.1) is 0 Å². The van der Waals surface area contributed by atoms with Crippen LogP contribution in [0.1, 0.15) is 39.5 Å². The molecule has 0 spiro atoms. The summed E-state index contributed by atoms with van der Waals surface area (Å²) in [5.74, 6) is 0.144. The average molecular weight is 334 g/mol. The summed E-state index contributed by atoms with van der Waals surface area (Å²) in [6, 6.07) is 8.04. The second-order valence-corrected chi connectivity index (χ2v) is 6.24. The van der Waals surface area contributed by atoms with Crippen LogP contribution < -0.4 is 10.6 Å². The molecule has 0 saturated heterocycles. The molecule has 0 fully saturated rings. The van der Waals surface area contributed by atoms with Crippen molar-refractivity contribution in [2.24, 2.45) is 0 Å². The number of halogens is 1. The van der Waals surface area contributed by atoms with Gasteiger partial charge in [0.05, 0.1) is 5.52 Å². The minimum Gasteiger partial charge on any atom is -0.382 e. The van der Waals surface area contributed by atoms with Crippen molar-refractivity contribution in [1.29, 1.82) is 0 Å². The van der Waals surface area contributed by atoms with Crippen molar-refractivity contribution in [2.75, 3.05) is 11.9 Å². The van der Waals surface area contributed by atoms with Crippen molar-refractivity contribution in [3.8, 4) is 0 Å². The van der Waals surface area contributed by atoms with Gasteiger partial charge in [-0.3, -0.25) is 9.78 Å². The van der Waals surface area contributed by atoms with Crippen LogP contribution in [-0.4, -0.2) is 23.5 Å². The maximum absolute atomic E-state index is 11.4. The standard InChI is InChI=1S/C18H24ClN3O/c1-3-5-18(23)21-10-4-6-13(2)22-16-9-11-20-17-12-14(19)7-8-15(16)17/h7-9,11-13H,3-6,10H2,1-2H3,(H,20,22)(H,21,23). The highest BCUT2D eigenvalue weighted by atomic mass is 35.5. The zero-order valence-electron chi connectivity index (χ0n) is 13.7. The molecule has 1 amide bonds. The zero-order chi connectivity index (χ0) is 16.7. The predicted molar refractivity (Wildman–Crippen MR) is 97.0 cm³/mol. The van der Waals surface area contributed by atoms with Gasteiger partial charge in [0.2, 0.25) is 5.91 Å². The minimum absolute atomic E-state index is 0.144. The van der Waals surface area contributed by atoms with Gasteiger partial charge in [0.25, 0.3) is 0 Å². The van der Waals surface area contributed by atoms with Gasteiger partial charge in [0, 0.05) is 41.3 Å². The third-order valence-electron chi connectivity index (χ3n) is 3.72. The fourth-order valence-corrected chi connectivity index (χ4v) is 2.70. The number of nitrogens with one attached hydrogen (secondary N) is 2. The summed E-state index contributed by atoms with van der Waals surface area (Å²) >= 11 is 6.01. The Bertz CT molecular complexity index is 660. The van der Waals surface area contributed by atoms with E-state index in [0.29, 0.717) is 17.5 Å². The Balaban J connectivity index is 1.86. The van der Waals surface area contributed by atoms with E-state index in [1.807, 2.05) is 31.2 Å². The first kappa shape index (κ1) is 17.5. The van der Waals surface area contributed by atoms with Crippen LogP contribution in [0.15, 0.2) is 30.5 Å². The highest BCUT2D eigenvalue weighted by Crippen LogP contribution is 2.25. The number of rotatable bonds is 8. The molecule has 1 unspecified atom stereocenters. The Labute approximate surface area is 142 Å². The third kappa shape index (κ3) is 5.39. The molecule has 1 aromatic heterocycles. The summed E-state index contributed by atoms with van der Waals surface area (Å²) in [7, 11) is 0. The van der Waals surface area contributed by atoms with Gasteiger partial charge in [-0.1, -0.05) is 18.5 Å². The Kier molecular flexibility index (Phi) is 6.66. The molecule has 1 aromatic carbocycles. The molecule has 124 valence electrons. The van der Waals surface area contributed by atoms with Crippen LogP contribution in [0.2, 0.25) is 5.02 Å². The third-order valence-corrected chi connectivity index (χ3v) is 3.95. The number of amides is 1. The molecule has 4 nitrogen and oxygen atoms in total. The van der Waals surface area contributed by atoms with Crippen molar-refractivity contribution >= 4 is 34.1 Å². The highest BCUT2D eigenvalue weighted by molar-refractivity contribution is 6.31. The first-order valence-electron chi connectivity index (χ1n) is 8.17. The number of fused-ring (bicyclic) bond motifs is 1. The van der Waals surface area contributed by atoms with E-state index in [9.17, 15) is 4.79 Å². The zero-order valence-corrected chi connectivity index (χ0v) is 14.5. The number of carbonyl (C=O) groups is 1. The summed E-state index contributed by atoms with van der Waals surface area (Å²) in [6.45, 7) is 4.89. The fourth-order valence-electron chi connectivity index (χ4n) is 2.54. The second kappa shape index (κ2) is 8.73. The van der Waals surface area contributed by atoms with E-state index in [-0.39, 0.29) is 5.91 Å². The van der Waals surface area contributed by atoms with E-state index in [4.69, 9.17) is 11.6 Å². The summed E-state index contributed by atoms with van der Waals surface area (Å²) in [6.07, 6.45) is 5.24. The molecule has 0 bridgehead atoms. The van der Waals surface area contributed by atoms with Crippen molar-refractivity contribution in [1.82, 2.24) is 10.3 Å². The normalized spacial score (nSPS) is 12.1. The Morgan fingerprint density at radius 3 is 2.96 bits per heavy atom. The lowest BCUT2D eigenvalue weighted by Gasteiger charge is -2.17.